The third-order valence-electron chi connectivity index (χ3n) is 2.48. The van der Waals surface area contributed by atoms with Gasteiger partial charge >= 0.3 is 0 Å². The Morgan fingerprint density at radius 1 is 1.77 bits per heavy atom. The van der Waals surface area contributed by atoms with Crippen LogP contribution in [-0.2, 0) is 5.60 Å². The van der Waals surface area contributed by atoms with Gasteiger partial charge in [0.2, 0.25) is 0 Å². The van der Waals surface area contributed by atoms with Crippen LogP contribution in [0.2, 0.25) is 0 Å². The van der Waals surface area contributed by atoms with Gasteiger partial charge in [-0.15, -0.1) is 11.3 Å². The summed E-state index contributed by atoms with van der Waals surface area (Å²) in [5, 5.41) is 12.9. The first-order valence-corrected chi connectivity index (χ1v) is 5.99. The number of halogens is 1. The van der Waals surface area contributed by atoms with Gasteiger partial charge in [-0.05, 0) is 28.8 Å². The van der Waals surface area contributed by atoms with Crippen LogP contribution in [0.3, 0.4) is 0 Å². The molecular formula is C9H14BrNOS. The molecule has 1 N–H and O–H groups in total. The molecule has 0 fully saturated rings. The van der Waals surface area contributed by atoms with E-state index in [4.69, 9.17) is 0 Å². The van der Waals surface area contributed by atoms with E-state index in [0.29, 0.717) is 0 Å². The predicted octanol–water partition coefficient (Wildman–Crippen LogP) is 3.16. The Balaban J connectivity index is 2.92. The monoisotopic (exact) mass is 263 g/mol. The van der Waals surface area contributed by atoms with E-state index < -0.39 is 5.60 Å². The van der Waals surface area contributed by atoms with E-state index in [-0.39, 0.29) is 5.92 Å². The van der Waals surface area contributed by atoms with E-state index in [9.17, 15) is 5.11 Å². The molecule has 13 heavy (non-hydrogen) atoms. The van der Waals surface area contributed by atoms with Crippen molar-refractivity contribution in [1.82, 2.24) is 4.98 Å². The zero-order chi connectivity index (χ0) is 10.1. The summed E-state index contributed by atoms with van der Waals surface area (Å²) in [6, 6.07) is 0. The highest BCUT2D eigenvalue weighted by Gasteiger charge is 2.32. The number of aromatic nitrogens is 1. The zero-order valence-corrected chi connectivity index (χ0v) is 10.4. The molecule has 1 aromatic heterocycles. The maximum absolute atomic E-state index is 10.2. The molecule has 2 unspecified atom stereocenters. The van der Waals surface area contributed by atoms with Crippen LogP contribution in [0.5, 0.6) is 0 Å². The summed E-state index contributed by atoms with van der Waals surface area (Å²) in [7, 11) is 0. The van der Waals surface area contributed by atoms with E-state index >= 15 is 0 Å². The second-order valence-corrected chi connectivity index (χ2v) is 5.10. The van der Waals surface area contributed by atoms with E-state index in [1.54, 1.807) is 0 Å². The third kappa shape index (κ3) is 2.30. The average Bonchev–Trinajstić information content (AvgIpc) is 2.50. The van der Waals surface area contributed by atoms with Gasteiger partial charge in [0, 0.05) is 5.38 Å². The predicted molar refractivity (Wildman–Crippen MR) is 58.8 cm³/mol. The van der Waals surface area contributed by atoms with Gasteiger partial charge in [-0.1, -0.05) is 20.3 Å². The van der Waals surface area contributed by atoms with Gasteiger partial charge in [0.05, 0.1) is 0 Å². The van der Waals surface area contributed by atoms with Crippen LogP contribution in [0, 0.1) is 5.92 Å². The lowest BCUT2D eigenvalue weighted by Crippen LogP contribution is -2.29. The summed E-state index contributed by atoms with van der Waals surface area (Å²) in [6.07, 6.45) is 0.949. The van der Waals surface area contributed by atoms with Crippen LogP contribution in [0.15, 0.2) is 9.98 Å². The van der Waals surface area contributed by atoms with Crippen molar-refractivity contribution in [3.63, 3.8) is 0 Å². The average molecular weight is 264 g/mol. The van der Waals surface area contributed by atoms with Crippen LogP contribution >= 0.6 is 27.3 Å². The van der Waals surface area contributed by atoms with E-state index in [0.717, 1.165) is 16.0 Å². The number of rotatable bonds is 3. The van der Waals surface area contributed by atoms with Crippen LogP contribution in [0.1, 0.15) is 32.2 Å². The maximum Gasteiger partial charge on any atom is 0.126 e. The van der Waals surface area contributed by atoms with Crippen LogP contribution < -0.4 is 0 Å². The number of hydrogen-bond acceptors (Lipinski definition) is 3. The molecule has 1 rings (SSSR count). The minimum absolute atomic E-state index is 0.227. The largest absolute Gasteiger partial charge is 0.383 e. The minimum Gasteiger partial charge on any atom is -0.383 e. The Hall–Kier alpha value is 0.0700. The number of hydrogen-bond donors (Lipinski definition) is 1. The molecule has 1 heterocycles. The van der Waals surface area contributed by atoms with Gasteiger partial charge in [0.15, 0.2) is 0 Å². The van der Waals surface area contributed by atoms with E-state index in [1.165, 1.54) is 11.3 Å². The SMILES string of the molecule is CCC(C)C(C)(O)c1nc(Br)cs1. The van der Waals surface area contributed by atoms with Crippen molar-refractivity contribution in [3.05, 3.63) is 15.0 Å². The van der Waals surface area contributed by atoms with Gasteiger partial charge in [-0.3, -0.25) is 0 Å². The standard InChI is InChI=1S/C9H14BrNOS/c1-4-6(2)9(3,12)8-11-7(10)5-13-8/h5-6,12H,4H2,1-3H3. The van der Waals surface area contributed by atoms with Gasteiger partial charge in [-0.2, -0.15) is 0 Å². The topological polar surface area (TPSA) is 33.1 Å². The highest BCUT2D eigenvalue weighted by Crippen LogP contribution is 2.33. The highest BCUT2D eigenvalue weighted by molar-refractivity contribution is 9.10. The van der Waals surface area contributed by atoms with Gasteiger partial charge < -0.3 is 5.11 Å². The maximum atomic E-state index is 10.2. The van der Waals surface area contributed by atoms with Crippen LogP contribution in [0.4, 0.5) is 0 Å². The number of aliphatic hydroxyl groups is 1. The Morgan fingerprint density at radius 3 is 2.77 bits per heavy atom. The molecule has 0 bridgehead atoms. The normalized spacial score (nSPS) is 18.2. The first-order chi connectivity index (χ1) is 5.98. The molecule has 0 radical (unpaired) electrons. The lowest BCUT2D eigenvalue weighted by molar-refractivity contribution is -0.000259. The van der Waals surface area contributed by atoms with Crippen molar-refractivity contribution in [3.8, 4) is 0 Å². The lowest BCUT2D eigenvalue weighted by Gasteiger charge is -2.27. The summed E-state index contributed by atoms with van der Waals surface area (Å²) in [6.45, 7) is 5.93. The first kappa shape index (κ1) is 11.1. The summed E-state index contributed by atoms with van der Waals surface area (Å²) < 4.78 is 0.802. The van der Waals surface area contributed by atoms with Gasteiger partial charge in [-0.25, -0.2) is 4.98 Å². The molecule has 0 aromatic carbocycles. The van der Waals surface area contributed by atoms with Crippen LogP contribution in [-0.4, -0.2) is 10.1 Å². The van der Waals surface area contributed by atoms with Crippen molar-refractivity contribution in [2.24, 2.45) is 5.92 Å². The molecule has 0 saturated heterocycles. The fourth-order valence-corrected chi connectivity index (χ4v) is 2.52. The second kappa shape index (κ2) is 4.07. The van der Waals surface area contributed by atoms with E-state index in [1.807, 2.05) is 19.2 Å². The first-order valence-electron chi connectivity index (χ1n) is 4.32. The molecule has 4 heteroatoms. The molecule has 0 aliphatic heterocycles. The molecule has 2 nitrogen and oxygen atoms in total. The van der Waals surface area contributed by atoms with Crippen molar-refractivity contribution < 1.29 is 5.11 Å². The van der Waals surface area contributed by atoms with Crippen molar-refractivity contribution >= 4 is 27.3 Å². The Morgan fingerprint density at radius 2 is 2.38 bits per heavy atom. The molecule has 74 valence electrons. The summed E-state index contributed by atoms with van der Waals surface area (Å²) in [4.78, 5) is 4.24. The Labute approximate surface area is 91.1 Å². The van der Waals surface area contributed by atoms with Crippen molar-refractivity contribution in [2.75, 3.05) is 0 Å². The molecule has 0 aliphatic carbocycles. The molecule has 0 spiro atoms. The van der Waals surface area contributed by atoms with Gasteiger partial charge in [0.1, 0.15) is 15.2 Å². The molecule has 1 aromatic rings. The Kier molecular flexibility index (Phi) is 3.49. The number of nitrogens with zero attached hydrogens (tertiary/aromatic N) is 1. The van der Waals surface area contributed by atoms with Crippen molar-refractivity contribution in [2.45, 2.75) is 32.8 Å². The lowest BCUT2D eigenvalue weighted by atomic mass is 9.89. The molecule has 2 atom stereocenters. The minimum atomic E-state index is -0.800. The molecule has 0 amide bonds. The third-order valence-corrected chi connectivity index (χ3v) is 4.26. The molecule has 0 aliphatic rings. The Bertz CT molecular complexity index is 285. The molecule has 0 saturated carbocycles. The van der Waals surface area contributed by atoms with Crippen LogP contribution in [0.25, 0.3) is 0 Å². The van der Waals surface area contributed by atoms with Gasteiger partial charge in [0.25, 0.3) is 0 Å². The molecular weight excluding hydrogens is 250 g/mol. The van der Waals surface area contributed by atoms with Crippen molar-refractivity contribution in [1.29, 1.82) is 0 Å². The summed E-state index contributed by atoms with van der Waals surface area (Å²) >= 11 is 4.78. The highest BCUT2D eigenvalue weighted by atomic mass is 79.9. The summed E-state index contributed by atoms with van der Waals surface area (Å²) in [5.41, 5.74) is -0.800. The quantitative estimate of drug-likeness (QED) is 0.909. The number of thiazole rings is 1. The fraction of sp³-hybridized carbons (Fsp3) is 0.667. The zero-order valence-electron chi connectivity index (χ0n) is 8.04. The summed E-state index contributed by atoms with van der Waals surface area (Å²) in [5.74, 6) is 0.227. The fourth-order valence-electron chi connectivity index (χ4n) is 1.09. The second-order valence-electron chi connectivity index (χ2n) is 3.43. The van der Waals surface area contributed by atoms with E-state index in [2.05, 4.69) is 27.8 Å². The smallest absolute Gasteiger partial charge is 0.126 e.